The molecule has 2 aliphatic rings. The normalized spacial score (nSPS) is 19.4. The summed E-state index contributed by atoms with van der Waals surface area (Å²) in [5.74, 6) is 8.23. The standard InChI is InChI=1S/C15H22N2O3.C14H30S2.C7H14O.C6H12S2/c1-4-5-6-15(18)16-10-12-7-8-14(17(19)20)13(9-12)11(2)3;1-3-5-7-9-11-13-15-16-14-12-10-8-6-4-2;1-3-7-6(2)4-5-8-7;1-5-3-7-8-4-6(5)2/h7-9,11H,4-6,10H2,1-3H3,(H,16,18);3-14H2,1-2H3;6-7H,3-5H2,1-2H3;5-6H,3-4H2,1-2H3/t;;6?,7-;/m..1./s1. The van der Waals surface area contributed by atoms with Gasteiger partial charge in [0.25, 0.3) is 5.69 Å². The number of carbonyl (C=O) groups is 1. The van der Waals surface area contributed by atoms with Crippen molar-refractivity contribution in [3.05, 3.63) is 39.4 Å². The molecule has 304 valence electrons. The first-order chi connectivity index (χ1) is 25.0. The zero-order valence-electron chi connectivity index (χ0n) is 34.7. The Kier molecular flexibility index (Phi) is 34.5. The summed E-state index contributed by atoms with van der Waals surface area (Å²) >= 11 is 0. The zero-order chi connectivity index (χ0) is 39.0. The van der Waals surface area contributed by atoms with Crippen molar-refractivity contribution in [3.63, 3.8) is 0 Å². The van der Waals surface area contributed by atoms with E-state index in [1.54, 1.807) is 6.07 Å². The summed E-state index contributed by atoms with van der Waals surface area (Å²) in [6.07, 6.45) is 19.6. The highest BCUT2D eigenvalue weighted by Gasteiger charge is 2.21. The minimum atomic E-state index is -0.362. The molecule has 3 unspecified atom stereocenters. The monoisotopic (exact) mass is 802 g/mol. The first-order valence-corrected chi connectivity index (χ1v) is 25.6. The second-order valence-corrected chi connectivity index (χ2v) is 20.0. The van der Waals surface area contributed by atoms with E-state index in [2.05, 4.69) is 68.4 Å². The molecule has 4 atom stereocenters. The van der Waals surface area contributed by atoms with E-state index in [1.165, 1.54) is 106 Å². The van der Waals surface area contributed by atoms with Crippen LogP contribution in [-0.4, -0.2) is 46.6 Å². The van der Waals surface area contributed by atoms with Gasteiger partial charge < -0.3 is 10.1 Å². The summed E-state index contributed by atoms with van der Waals surface area (Å²) < 4.78 is 5.41. The zero-order valence-corrected chi connectivity index (χ0v) is 37.9. The lowest BCUT2D eigenvalue weighted by atomic mass is 9.98. The number of nitrogens with one attached hydrogen (secondary N) is 1. The number of nitro benzene ring substituents is 1. The van der Waals surface area contributed by atoms with Crippen LogP contribution in [-0.2, 0) is 16.1 Å². The van der Waals surface area contributed by atoms with Crippen molar-refractivity contribution in [1.82, 2.24) is 5.32 Å². The van der Waals surface area contributed by atoms with Crippen molar-refractivity contribution in [1.29, 1.82) is 0 Å². The summed E-state index contributed by atoms with van der Waals surface area (Å²) in [7, 11) is 8.23. The number of amides is 1. The molecule has 0 saturated carbocycles. The van der Waals surface area contributed by atoms with Crippen LogP contribution in [0.25, 0.3) is 0 Å². The number of hydrogen-bond acceptors (Lipinski definition) is 8. The highest BCUT2D eigenvalue weighted by molar-refractivity contribution is 8.77. The smallest absolute Gasteiger partial charge is 0.272 e. The van der Waals surface area contributed by atoms with Crippen LogP contribution in [0, 0.1) is 27.9 Å². The number of nitro groups is 1. The lowest BCUT2D eigenvalue weighted by molar-refractivity contribution is -0.385. The van der Waals surface area contributed by atoms with Crippen LogP contribution >= 0.6 is 43.2 Å². The summed E-state index contributed by atoms with van der Waals surface area (Å²) in [6.45, 7) is 21.0. The van der Waals surface area contributed by atoms with Crippen molar-refractivity contribution < 1.29 is 14.5 Å². The number of benzene rings is 1. The average Bonchev–Trinajstić information content (AvgIpc) is 3.56. The fraction of sp³-hybridized carbons (Fsp3) is 0.833. The molecule has 0 aliphatic carbocycles. The molecule has 1 aromatic rings. The van der Waals surface area contributed by atoms with Crippen LogP contribution in [0.4, 0.5) is 5.69 Å². The maximum Gasteiger partial charge on any atom is 0.272 e. The summed E-state index contributed by atoms with van der Waals surface area (Å²) in [6, 6.07) is 5.02. The molecule has 1 amide bonds. The molecule has 1 N–H and O–H groups in total. The average molecular weight is 803 g/mol. The molecule has 0 bridgehead atoms. The Labute approximate surface area is 336 Å². The first kappa shape index (κ1) is 51.5. The number of nitrogens with zero attached hydrogens (tertiary/aromatic N) is 1. The maximum atomic E-state index is 11.5. The number of ether oxygens (including phenoxy) is 1. The van der Waals surface area contributed by atoms with E-state index >= 15 is 0 Å². The Hall–Kier alpha value is -0.550. The van der Waals surface area contributed by atoms with Gasteiger partial charge in [-0.25, -0.2) is 0 Å². The summed E-state index contributed by atoms with van der Waals surface area (Å²) in [4.78, 5) is 22.1. The lowest BCUT2D eigenvalue weighted by Crippen LogP contribution is -2.22. The van der Waals surface area contributed by atoms with Crippen LogP contribution in [0.3, 0.4) is 0 Å². The van der Waals surface area contributed by atoms with Gasteiger partial charge in [0.1, 0.15) is 0 Å². The van der Waals surface area contributed by atoms with E-state index in [9.17, 15) is 14.9 Å². The van der Waals surface area contributed by atoms with Gasteiger partial charge in [-0.2, -0.15) is 0 Å². The molecule has 0 aromatic heterocycles. The minimum absolute atomic E-state index is 0.0244. The van der Waals surface area contributed by atoms with E-state index in [-0.39, 0.29) is 22.4 Å². The fourth-order valence-electron chi connectivity index (χ4n) is 5.53. The molecule has 2 heterocycles. The third-order valence-corrected chi connectivity index (χ3v) is 14.9. The molecule has 0 spiro atoms. The Morgan fingerprint density at radius 1 is 0.846 bits per heavy atom. The Bertz CT molecular complexity index is 992. The molecule has 10 heteroatoms. The largest absolute Gasteiger partial charge is 0.378 e. The number of unbranched alkanes of at least 4 members (excludes halogenated alkanes) is 9. The highest BCUT2D eigenvalue weighted by atomic mass is 33.1. The molecular formula is C42H78N2O4S4. The number of carbonyl (C=O) groups excluding carboxylic acids is 1. The van der Waals surface area contributed by atoms with Gasteiger partial charge in [0.05, 0.1) is 11.0 Å². The van der Waals surface area contributed by atoms with Crippen molar-refractivity contribution in [2.24, 2.45) is 17.8 Å². The van der Waals surface area contributed by atoms with Gasteiger partial charge in [-0.15, -0.1) is 0 Å². The molecule has 1 aromatic carbocycles. The minimum Gasteiger partial charge on any atom is -0.378 e. The topological polar surface area (TPSA) is 81.5 Å². The van der Waals surface area contributed by atoms with Gasteiger partial charge in [-0.05, 0) is 67.4 Å². The second-order valence-electron chi connectivity index (χ2n) is 14.8. The molecule has 52 heavy (non-hydrogen) atoms. The molecule has 2 fully saturated rings. The molecule has 2 saturated heterocycles. The van der Waals surface area contributed by atoms with Gasteiger partial charge in [-0.3, -0.25) is 14.9 Å². The number of hydrogen-bond donors (Lipinski definition) is 1. The van der Waals surface area contributed by atoms with Gasteiger partial charge in [0.15, 0.2) is 0 Å². The molecule has 3 rings (SSSR count). The Balaban J connectivity index is 0.000000717. The van der Waals surface area contributed by atoms with Crippen molar-refractivity contribution in [3.8, 4) is 0 Å². The Morgan fingerprint density at radius 3 is 1.79 bits per heavy atom. The van der Waals surface area contributed by atoms with Gasteiger partial charge in [-0.1, -0.05) is 169 Å². The van der Waals surface area contributed by atoms with Crippen LogP contribution in [0.1, 0.15) is 176 Å². The molecule has 0 radical (unpaired) electrons. The summed E-state index contributed by atoms with van der Waals surface area (Å²) in [5, 5.41) is 13.8. The number of rotatable bonds is 21. The van der Waals surface area contributed by atoms with Gasteiger partial charge in [0, 0.05) is 54.2 Å². The molecule has 6 nitrogen and oxygen atoms in total. The van der Waals surface area contributed by atoms with Crippen molar-refractivity contribution >= 4 is 54.8 Å². The van der Waals surface area contributed by atoms with Crippen LogP contribution in [0.2, 0.25) is 0 Å². The van der Waals surface area contributed by atoms with Crippen LogP contribution in [0.15, 0.2) is 18.2 Å². The molecule has 2 aliphatic heterocycles. The Morgan fingerprint density at radius 2 is 1.38 bits per heavy atom. The van der Waals surface area contributed by atoms with Crippen LogP contribution in [0.5, 0.6) is 0 Å². The van der Waals surface area contributed by atoms with Crippen LogP contribution < -0.4 is 5.32 Å². The predicted octanol–water partition coefficient (Wildman–Crippen LogP) is 14.3. The molecular weight excluding hydrogens is 725 g/mol. The fourth-order valence-corrected chi connectivity index (χ4v) is 11.0. The van der Waals surface area contributed by atoms with E-state index < -0.39 is 0 Å². The van der Waals surface area contributed by atoms with E-state index in [0.29, 0.717) is 24.6 Å². The SMILES string of the molecule is CC1CSSCC1C.CCCCC(=O)NCc1ccc([N+](=O)[O-])c(C(C)C)c1.CCCCCCCSSCCCCCCC.CC[C@H]1OCCC1C. The summed E-state index contributed by atoms with van der Waals surface area (Å²) in [5.41, 5.74) is 1.74. The van der Waals surface area contributed by atoms with Crippen molar-refractivity contribution in [2.45, 2.75) is 177 Å². The van der Waals surface area contributed by atoms with Gasteiger partial charge >= 0.3 is 0 Å². The quantitative estimate of drug-likeness (QED) is 0.0570. The third-order valence-electron chi connectivity index (χ3n) is 9.56. The second kappa shape index (κ2) is 34.9. The lowest BCUT2D eigenvalue weighted by Gasteiger charge is -2.23. The first-order valence-electron chi connectivity index (χ1n) is 20.7. The van der Waals surface area contributed by atoms with E-state index in [0.717, 1.165) is 42.8 Å². The third kappa shape index (κ3) is 27.1. The highest BCUT2D eigenvalue weighted by Crippen LogP contribution is 2.35. The van der Waals surface area contributed by atoms with Gasteiger partial charge in [0.2, 0.25) is 5.91 Å². The van der Waals surface area contributed by atoms with E-state index in [1.807, 2.05) is 48.4 Å². The van der Waals surface area contributed by atoms with E-state index in [4.69, 9.17) is 4.74 Å². The predicted molar refractivity (Wildman–Crippen MR) is 238 cm³/mol. The van der Waals surface area contributed by atoms with Crippen molar-refractivity contribution in [2.75, 3.05) is 29.6 Å². The maximum absolute atomic E-state index is 11.5.